The smallest absolute Gasteiger partial charge is 0.0470 e. The molecule has 0 aliphatic carbocycles. The molecule has 0 aromatic heterocycles. The Hall–Kier alpha value is -1.24. The molecule has 1 heteroatoms. The molecule has 0 saturated carbocycles. The van der Waals surface area contributed by atoms with Crippen molar-refractivity contribution >= 4 is 11.8 Å². The first kappa shape index (κ1) is 11.3. The summed E-state index contributed by atoms with van der Waals surface area (Å²) in [4.78, 5) is 0. The number of benzene rings is 1. The molecule has 1 N–H and O–H groups in total. The number of fused-ring (bicyclic) bond motifs is 1. The van der Waals surface area contributed by atoms with Crippen LogP contribution in [0.2, 0.25) is 0 Å². The standard InChI is InChI=1S/C15H21N/c1-10(2)13-6-5-12-7-8-14(11(3)4)16-15(12)9-13/h5-11,14,16H,1-4H3. The molecule has 0 fully saturated rings. The molecule has 16 heavy (non-hydrogen) atoms. The lowest BCUT2D eigenvalue weighted by atomic mass is 9.94. The van der Waals surface area contributed by atoms with Crippen molar-refractivity contribution in [3.8, 4) is 0 Å². The third kappa shape index (κ3) is 2.13. The summed E-state index contributed by atoms with van der Waals surface area (Å²) >= 11 is 0. The van der Waals surface area contributed by atoms with E-state index in [-0.39, 0.29) is 0 Å². The van der Waals surface area contributed by atoms with Crippen molar-refractivity contribution in [2.45, 2.75) is 39.7 Å². The maximum atomic E-state index is 3.60. The van der Waals surface area contributed by atoms with Gasteiger partial charge in [0.2, 0.25) is 0 Å². The highest BCUT2D eigenvalue weighted by atomic mass is 14.9. The zero-order valence-corrected chi connectivity index (χ0v) is 10.6. The van der Waals surface area contributed by atoms with Gasteiger partial charge in [-0.2, -0.15) is 0 Å². The van der Waals surface area contributed by atoms with Crippen LogP contribution in [0.4, 0.5) is 5.69 Å². The molecule has 86 valence electrons. The van der Waals surface area contributed by atoms with Crippen molar-refractivity contribution in [3.05, 3.63) is 35.4 Å². The van der Waals surface area contributed by atoms with Crippen LogP contribution in [-0.2, 0) is 0 Å². The first-order valence-electron chi connectivity index (χ1n) is 6.16. The van der Waals surface area contributed by atoms with Gasteiger partial charge in [0.05, 0.1) is 0 Å². The molecule has 1 nitrogen and oxygen atoms in total. The molecule has 0 bridgehead atoms. The topological polar surface area (TPSA) is 12.0 Å². The minimum Gasteiger partial charge on any atom is -0.378 e. The molecule has 1 aliphatic rings. The number of rotatable bonds is 2. The lowest BCUT2D eigenvalue weighted by Gasteiger charge is -2.26. The van der Waals surface area contributed by atoms with Crippen molar-refractivity contribution < 1.29 is 0 Å². The lowest BCUT2D eigenvalue weighted by molar-refractivity contribution is 0.600. The average Bonchev–Trinajstić information content (AvgIpc) is 2.27. The molecule has 2 rings (SSSR count). The van der Waals surface area contributed by atoms with E-state index in [1.165, 1.54) is 16.8 Å². The molecule has 1 aromatic carbocycles. The quantitative estimate of drug-likeness (QED) is 0.776. The van der Waals surface area contributed by atoms with E-state index in [2.05, 4.69) is 63.4 Å². The summed E-state index contributed by atoms with van der Waals surface area (Å²) in [5.41, 5.74) is 4.00. The molecule has 1 heterocycles. The van der Waals surface area contributed by atoms with E-state index in [1.807, 2.05) is 0 Å². The van der Waals surface area contributed by atoms with Crippen molar-refractivity contribution in [1.82, 2.24) is 0 Å². The van der Waals surface area contributed by atoms with E-state index >= 15 is 0 Å². The van der Waals surface area contributed by atoms with Gasteiger partial charge in [0.25, 0.3) is 0 Å². The molecule has 0 saturated heterocycles. The maximum absolute atomic E-state index is 3.60. The van der Waals surface area contributed by atoms with Gasteiger partial charge >= 0.3 is 0 Å². The fraction of sp³-hybridized carbons (Fsp3) is 0.467. The number of nitrogens with one attached hydrogen (secondary N) is 1. The van der Waals surface area contributed by atoms with Crippen LogP contribution in [0.5, 0.6) is 0 Å². The normalized spacial score (nSPS) is 18.8. The van der Waals surface area contributed by atoms with E-state index in [4.69, 9.17) is 0 Å². The van der Waals surface area contributed by atoms with Crippen LogP contribution in [0.3, 0.4) is 0 Å². The van der Waals surface area contributed by atoms with Crippen LogP contribution >= 0.6 is 0 Å². The summed E-state index contributed by atoms with van der Waals surface area (Å²) in [5.74, 6) is 1.22. The van der Waals surface area contributed by atoms with Gasteiger partial charge in [-0.15, -0.1) is 0 Å². The number of hydrogen-bond donors (Lipinski definition) is 1. The second-order valence-electron chi connectivity index (χ2n) is 5.27. The number of hydrogen-bond acceptors (Lipinski definition) is 1. The van der Waals surface area contributed by atoms with E-state index < -0.39 is 0 Å². The average molecular weight is 215 g/mol. The zero-order valence-electron chi connectivity index (χ0n) is 10.6. The van der Waals surface area contributed by atoms with Gasteiger partial charge in [0.1, 0.15) is 0 Å². The Morgan fingerprint density at radius 1 is 1.12 bits per heavy atom. The SMILES string of the molecule is CC(C)c1ccc2c(c1)NC(C(C)C)C=C2. The number of anilines is 1. The molecule has 1 aromatic rings. The van der Waals surface area contributed by atoms with Crippen LogP contribution < -0.4 is 5.32 Å². The second kappa shape index (κ2) is 4.32. The Kier molecular flexibility index (Phi) is 3.04. The van der Waals surface area contributed by atoms with E-state index in [0.29, 0.717) is 17.9 Å². The Morgan fingerprint density at radius 2 is 1.88 bits per heavy atom. The predicted molar refractivity (Wildman–Crippen MR) is 71.8 cm³/mol. The van der Waals surface area contributed by atoms with Gasteiger partial charge in [-0.25, -0.2) is 0 Å². The maximum Gasteiger partial charge on any atom is 0.0470 e. The van der Waals surface area contributed by atoms with Crippen molar-refractivity contribution in [2.75, 3.05) is 5.32 Å². The largest absolute Gasteiger partial charge is 0.378 e. The van der Waals surface area contributed by atoms with Crippen LogP contribution in [0.1, 0.15) is 44.7 Å². The molecular weight excluding hydrogens is 194 g/mol. The Morgan fingerprint density at radius 3 is 2.50 bits per heavy atom. The molecule has 1 unspecified atom stereocenters. The van der Waals surface area contributed by atoms with Crippen LogP contribution in [0.25, 0.3) is 6.08 Å². The molecule has 1 atom stereocenters. The molecule has 1 aliphatic heterocycles. The highest BCUT2D eigenvalue weighted by Crippen LogP contribution is 2.28. The van der Waals surface area contributed by atoms with E-state index in [1.54, 1.807) is 0 Å². The Bertz CT molecular complexity index is 402. The van der Waals surface area contributed by atoms with Gasteiger partial charge in [0, 0.05) is 11.7 Å². The van der Waals surface area contributed by atoms with E-state index in [0.717, 1.165) is 0 Å². The van der Waals surface area contributed by atoms with Gasteiger partial charge in [-0.05, 0) is 29.0 Å². The fourth-order valence-corrected chi connectivity index (χ4v) is 2.03. The summed E-state index contributed by atoms with van der Waals surface area (Å²) in [7, 11) is 0. The van der Waals surface area contributed by atoms with Crippen LogP contribution in [0.15, 0.2) is 24.3 Å². The van der Waals surface area contributed by atoms with Gasteiger partial charge in [-0.1, -0.05) is 52.0 Å². The summed E-state index contributed by atoms with van der Waals surface area (Å²) in [5, 5.41) is 3.60. The molecular formula is C15H21N. The minimum absolute atomic E-state index is 0.468. The van der Waals surface area contributed by atoms with Crippen molar-refractivity contribution in [1.29, 1.82) is 0 Å². The Balaban J connectivity index is 2.31. The van der Waals surface area contributed by atoms with Crippen molar-refractivity contribution in [2.24, 2.45) is 5.92 Å². The zero-order chi connectivity index (χ0) is 11.7. The first-order chi connectivity index (χ1) is 7.58. The second-order valence-corrected chi connectivity index (χ2v) is 5.27. The first-order valence-corrected chi connectivity index (χ1v) is 6.16. The molecule has 0 spiro atoms. The van der Waals surface area contributed by atoms with Crippen LogP contribution in [0, 0.1) is 5.92 Å². The molecule has 0 radical (unpaired) electrons. The Labute approximate surface area is 98.6 Å². The summed E-state index contributed by atoms with van der Waals surface area (Å²) in [6.45, 7) is 8.97. The van der Waals surface area contributed by atoms with Gasteiger partial charge < -0.3 is 5.32 Å². The summed E-state index contributed by atoms with van der Waals surface area (Å²) in [6, 6.07) is 7.20. The fourth-order valence-electron chi connectivity index (χ4n) is 2.03. The lowest BCUT2D eigenvalue weighted by Crippen LogP contribution is -2.25. The summed E-state index contributed by atoms with van der Waals surface area (Å²) < 4.78 is 0. The van der Waals surface area contributed by atoms with Crippen molar-refractivity contribution in [3.63, 3.8) is 0 Å². The third-order valence-electron chi connectivity index (χ3n) is 3.27. The monoisotopic (exact) mass is 215 g/mol. The van der Waals surface area contributed by atoms with Gasteiger partial charge in [0.15, 0.2) is 0 Å². The highest BCUT2D eigenvalue weighted by molar-refractivity contribution is 5.71. The molecule has 0 amide bonds. The summed E-state index contributed by atoms with van der Waals surface area (Å²) in [6.07, 6.45) is 4.50. The van der Waals surface area contributed by atoms with Gasteiger partial charge in [-0.3, -0.25) is 0 Å². The van der Waals surface area contributed by atoms with E-state index in [9.17, 15) is 0 Å². The minimum atomic E-state index is 0.468. The third-order valence-corrected chi connectivity index (χ3v) is 3.27. The van der Waals surface area contributed by atoms with Crippen LogP contribution in [-0.4, -0.2) is 6.04 Å². The predicted octanol–water partition coefficient (Wildman–Crippen LogP) is 4.27. The highest BCUT2D eigenvalue weighted by Gasteiger charge is 2.15.